The summed E-state index contributed by atoms with van der Waals surface area (Å²) in [4.78, 5) is 13.8. The van der Waals surface area contributed by atoms with Crippen molar-refractivity contribution < 1.29 is 9.53 Å². The summed E-state index contributed by atoms with van der Waals surface area (Å²) >= 11 is 2.11. The van der Waals surface area contributed by atoms with Crippen LogP contribution in [-0.4, -0.2) is 53.8 Å². The first-order chi connectivity index (χ1) is 9.94. The number of carbonyl (C=O) groups is 1. The molecule has 0 aromatic carbocycles. The van der Waals surface area contributed by atoms with Crippen molar-refractivity contribution in [1.29, 1.82) is 0 Å². The summed E-state index contributed by atoms with van der Waals surface area (Å²) in [5.41, 5.74) is -0.394. The third-order valence-corrected chi connectivity index (χ3v) is 5.49. The van der Waals surface area contributed by atoms with Crippen LogP contribution < -0.4 is 5.32 Å². The molecule has 5 heteroatoms. The van der Waals surface area contributed by atoms with Gasteiger partial charge in [0.25, 0.3) is 0 Å². The Morgan fingerprint density at radius 1 is 1.24 bits per heavy atom. The fourth-order valence-electron chi connectivity index (χ4n) is 2.90. The molecule has 2 aliphatic heterocycles. The zero-order valence-electron chi connectivity index (χ0n) is 13.7. The number of hydrogen-bond acceptors (Lipinski definition) is 4. The first-order valence-electron chi connectivity index (χ1n) is 8.24. The Morgan fingerprint density at radius 3 is 2.52 bits per heavy atom. The molecule has 1 unspecified atom stereocenters. The molecular formula is C16H30N2O2S. The first-order valence-corrected chi connectivity index (χ1v) is 9.29. The Bertz CT molecular complexity index is 330. The second-order valence-corrected chi connectivity index (χ2v) is 8.61. The maximum absolute atomic E-state index is 12.0. The third-order valence-electron chi connectivity index (χ3n) is 4.10. The molecule has 21 heavy (non-hydrogen) atoms. The van der Waals surface area contributed by atoms with Gasteiger partial charge < -0.3 is 15.0 Å². The molecule has 2 rings (SSSR count). The number of amides is 1. The van der Waals surface area contributed by atoms with Crippen LogP contribution in [0.5, 0.6) is 0 Å². The monoisotopic (exact) mass is 314 g/mol. The topological polar surface area (TPSA) is 41.6 Å². The number of nitrogens with one attached hydrogen (secondary N) is 1. The Labute approximate surface area is 133 Å². The maximum Gasteiger partial charge on any atom is 0.410 e. The van der Waals surface area contributed by atoms with Gasteiger partial charge in [-0.3, -0.25) is 0 Å². The molecule has 2 fully saturated rings. The number of rotatable bonds is 4. The summed E-state index contributed by atoms with van der Waals surface area (Å²) in [6.45, 7) is 9.67. The van der Waals surface area contributed by atoms with Gasteiger partial charge in [-0.05, 0) is 64.7 Å². The van der Waals surface area contributed by atoms with Gasteiger partial charge in [-0.2, -0.15) is 11.8 Å². The van der Waals surface area contributed by atoms with Gasteiger partial charge in [0.2, 0.25) is 0 Å². The smallest absolute Gasteiger partial charge is 0.410 e. The fourth-order valence-corrected chi connectivity index (χ4v) is 4.14. The molecule has 2 aliphatic rings. The molecule has 1 N–H and O–H groups in total. The highest BCUT2D eigenvalue weighted by atomic mass is 32.2. The number of likely N-dealkylation sites (tertiary alicyclic amines) is 1. The minimum absolute atomic E-state index is 0.156. The molecule has 4 nitrogen and oxygen atoms in total. The van der Waals surface area contributed by atoms with Crippen molar-refractivity contribution >= 4 is 17.9 Å². The summed E-state index contributed by atoms with van der Waals surface area (Å²) < 4.78 is 5.43. The van der Waals surface area contributed by atoms with Crippen LogP contribution in [0.2, 0.25) is 0 Å². The molecule has 1 atom stereocenters. The second kappa shape index (κ2) is 7.73. The summed E-state index contributed by atoms with van der Waals surface area (Å²) in [5.74, 6) is 2.04. The summed E-state index contributed by atoms with van der Waals surface area (Å²) in [5, 5.41) is 4.45. The molecule has 1 amide bonds. The van der Waals surface area contributed by atoms with Crippen molar-refractivity contribution in [3.63, 3.8) is 0 Å². The van der Waals surface area contributed by atoms with E-state index in [-0.39, 0.29) is 6.09 Å². The molecule has 122 valence electrons. The van der Waals surface area contributed by atoms with Gasteiger partial charge in [0, 0.05) is 24.9 Å². The molecule has 0 radical (unpaired) electrons. The summed E-state index contributed by atoms with van der Waals surface area (Å²) in [6, 6.07) is 0. The van der Waals surface area contributed by atoms with E-state index in [1.807, 2.05) is 25.7 Å². The number of piperidine rings is 1. The second-order valence-electron chi connectivity index (χ2n) is 7.20. The lowest BCUT2D eigenvalue weighted by Gasteiger charge is -2.33. The quantitative estimate of drug-likeness (QED) is 0.865. The molecule has 0 spiro atoms. The largest absolute Gasteiger partial charge is 0.444 e. The Balaban J connectivity index is 1.60. The molecule has 2 saturated heterocycles. The number of nitrogens with zero attached hydrogens (tertiary/aromatic N) is 1. The lowest BCUT2D eigenvalue weighted by atomic mass is 9.97. The summed E-state index contributed by atoms with van der Waals surface area (Å²) in [6.07, 6.45) is 4.77. The average molecular weight is 314 g/mol. The first kappa shape index (κ1) is 16.9. The standard InChI is InChI=1S/C16H30N2O2S/c1-16(2,3)20-15(19)18-8-6-13(7-9-18)11-17-12-14-5-4-10-21-14/h13-14,17H,4-12H2,1-3H3. The van der Waals surface area contributed by atoms with Crippen molar-refractivity contribution in [2.24, 2.45) is 5.92 Å². The number of carbonyl (C=O) groups excluding carboxylic acids is 1. The number of ether oxygens (including phenoxy) is 1. The minimum atomic E-state index is -0.394. The third kappa shape index (κ3) is 6.07. The van der Waals surface area contributed by atoms with Gasteiger partial charge in [0.05, 0.1) is 0 Å². The predicted octanol–water partition coefficient (Wildman–Crippen LogP) is 3.12. The lowest BCUT2D eigenvalue weighted by Crippen LogP contribution is -2.43. The van der Waals surface area contributed by atoms with Gasteiger partial charge in [-0.1, -0.05) is 0 Å². The van der Waals surface area contributed by atoms with Crippen molar-refractivity contribution in [1.82, 2.24) is 10.2 Å². The molecule has 0 bridgehead atoms. The van der Waals surface area contributed by atoms with Gasteiger partial charge >= 0.3 is 6.09 Å². The Kier molecular flexibility index (Phi) is 6.23. The highest BCUT2D eigenvalue weighted by molar-refractivity contribution is 8.00. The molecule has 0 aliphatic carbocycles. The highest BCUT2D eigenvalue weighted by Crippen LogP contribution is 2.25. The highest BCUT2D eigenvalue weighted by Gasteiger charge is 2.26. The van der Waals surface area contributed by atoms with Crippen molar-refractivity contribution in [2.45, 2.75) is 57.3 Å². The van der Waals surface area contributed by atoms with Crippen LogP contribution in [-0.2, 0) is 4.74 Å². The zero-order valence-corrected chi connectivity index (χ0v) is 14.5. The predicted molar refractivity (Wildman–Crippen MR) is 88.9 cm³/mol. The van der Waals surface area contributed by atoms with Crippen molar-refractivity contribution in [2.75, 3.05) is 31.9 Å². The molecule has 0 aromatic rings. The van der Waals surface area contributed by atoms with E-state index in [0.29, 0.717) is 5.92 Å². The van der Waals surface area contributed by atoms with Crippen LogP contribution in [0.1, 0.15) is 46.5 Å². The molecule has 2 heterocycles. The van der Waals surface area contributed by atoms with E-state index in [4.69, 9.17) is 4.74 Å². The Hall–Kier alpha value is -0.420. The molecule has 0 aromatic heterocycles. The van der Waals surface area contributed by atoms with Gasteiger partial charge in [0.15, 0.2) is 0 Å². The lowest BCUT2D eigenvalue weighted by molar-refractivity contribution is 0.0184. The van der Waals surface area contributed by atoms with E-state index in [1.165, 1.54) is 18.6 Å². The van der Waals surface area contributed by atoms with Crippen LogP contribution in [0.3, 0.4) is 0 Å². The normalized spacial score (nSPS) is 24.3. The summed E-state index contributed by atoms with van der Waals surface area (Å²) in [7, 11) is 0. The van der Waals surface area contributed by atoms with E-state index < -0.39 is 5.60 Å². The molecule has 0 saturated carbocycles. The van der Waals surface area contributed by atoms with E-state index in [0.717, 1.165) is 44.3 Å². The molecular weight excluding hydrogens is 284 g/mol. The van der Waals surface area contributed by atoms with E-state index >= 15 is 0 Å². The van der Waals surface area contributed by atoms with Crippen LogP contribution in [0, 0.1) is 5.92 Å². The minimum Gasteiger partial charge on any atom is -0.444 e. The van der Waals surface area contributed by atoms with Crippen LogP contribution in [0.4, 0.5) is 4.79 Å². The van der Waals surface area contributed by atoms with Crippen molar-refractivity contribution in [3.8, 4) is 0 Å². The Morgan fingerprint density at radius 2 is 1.95 bits per heavy atom. The van der Waals surface area contributed by atoms with Gasteiger partial charge in [-0.15, -0.1) is 0 Å². The SMILES string of the molecule is CC(C)(C)OC(=O)N1CCC(CNCC2CCCS2)CC1. The van der Waals surface area contributed by atoms with Crippen LogP contribution in [0.15, 0.2) is 0 Å². The van der Waals surface area contributed by atoms with Crippen LogP contribution in [0.25, 0.3) is 0 Å². The maximum atomic E-state index is 12.0. The number of hydrogen-bond donors (Lipinski definition) is 1. The van der Waals surface area contributed by atoms with Gasteiger partial charge in [0.1, 0.15) is 5.60 Å². The van der Waals surface area contributed by atoms with E-state index in [2.05, 4.69) is 17.1 Å². The van der Waals surface area contributed by atoms with Crippen molar-refractivity contribution in [3.05, 3.63) is 0 Å². The number of thioether (sulfide) groups is 1. The van der Waals surface area contributed by atoms with E-state index in [9.17, 15) is 4.79 Å². The van der Waals surface area contributed by atoms with E-state index in [1.54, 1.807) is 0 Å². The average Bonchev–Trinajstić information content (AvgIpc) is 2.91. The van der Waals surface area contributed by atoms with Crippen LogP contribution >= 0.6 is 11.8 Å². The zero-order chi connectivity index (χ0) is 15.3. The van der Waals surface area contributed by atoms with Gasteiger partial charge in [-0.25, -0.2) is 4.79 Å². The fraction of sp³-hybridized carbons (Fsp3) is 0.938.